The first kappa shape index (κ1) is 20.7. The van der Waals surface area contributed by atoms with Crippen LogP contribution >= 0.6 is 0 Å². The highest BCUT2D eigenvalue weighted by molar-refractivity contribution is 5.86. The number of benzene rings is 1. The van der Waals surface area contributed by atoms with Gasteiger partial charge in [0.2, 0.25) is 11.6 Å². The lowest BCUT2D eigenvalue weighted by Crippen LogP contribution is -3.00. The van der Waals surface area contributed by atoms with E-state index < -0.39 is 10.8 Å². The van der Waals surface area contributed by atoms with Crippen LogP contribution in [0.1, 0.15) is 24.5 Å². The minimum atomic E-state index is -1.20. The molecule has 1 amide bonds. The Balaban J connectivity index is 1.30. The second kappa shape index (κ2) is 8.09. The molecular weight excluding hydrogens is 412 g/mol. The van der Waals surface area contributed by atoms with E-state index in [0.717, 1.165) is 28.8 Å². The summed E-state index contributed by atoms with van der Waals surface area (Å²) < 4.78 is 9.09. The number of aryl methyl sites for hydroxylation is 1. The second-order valence-corrected chi connectivity index (χ2v) is 8.64. The van der Waals surface area contributed by atoms with E-state index in [-0.39, 0.29) is 23.4 Å². The third-order valence-electron chi connectivity index (χ3n) is 6.75. The molecule has 0 saturated carbocycles. The van der Waals surface area contributed by atoms with Crippen molar-refractivity contribution in [1.82, 2.24) is 14.0 Å². The first-order chi connectivity index (χ1) is 15.5. The number of carbonyl (C=O) groups is 1. The Morgan fingerprint density at radius 2 is 2.06 bits per heavy atom. The number of aromatic nitrogens is 2. The lowest BCUT2D eigenvalue weighted by molar-refractivity contribution is -0.992. The quantitative estimate of drug-likeness (QED) is 0.584. The summed E-state index contributed by atoms with van der Waals surface area (Å²) in [6.07, 6.45) is 3.29. The Morgan fingerprint density at radius 3 is 2.84 bits per heavy atom. The van der Waals surface area contributed by atoms with Gasteiger partial charge in [-0.15, -0.1) is 0 Å². The van der Waals surface area contributed by atoms with E-state index >= 15 is 0 Å². The molecule has 2 unspecified atom stereocenters. The molecule has 5 rings (SSSR count). The van der Waals surface area contributed by atoms with Gasteiger partial charge in [-0.1, -0.05) is 6.07 Å². The molecule has 3 atom stereocenters. The van der Waals surface area contributed by atoms with Crippen LogP contribution in [0.25, 0.3) is 10.9 Å². The maximum absolute atomic E-state index is 13.0. The topological polar surface area (TPSA) is 104 Å². The van der Waals surface area contributed by atoms with Gasteiger partial charge in [0.05, 0.1) is 12.6 Å². The lowest BCUT2D eigenvalue weighted by Gasteiger charge is -2.43. The van der Waals surface area contributed by atoms with E-state index in [2.05, 4.69) is 4.57 Å². The minimum absolute atomic E-state index is 0.0543. The van der Waals surface area contributed by atoms with Gasteiger partial charge >= 0.3 is 5.56 Å². The van der Waals surface area contributed by atoms with Crippen molar-refractivity contribution < 1.29 is 20.0 Å². The number of quaternary nitrogens is 1. The molecule has 2 aliphatic rings. The third kappa shape index (κ3) is 3.48. The van der Waals surface area contributed by atoms with Crippen molar-refractivity contribution in [2.75, 3.05) is 20.2 Å². The van der Waals surface area contributed by atoms with Crippen LogP contribution in [0.4, 0.5) is 5.69 Å². The van der Waals surface area contributed by atoms with Crippen molar-refractivity contribution in [3.05, 3.63) is 63.9 Å². The molecule has 2 aromatic heterocycles. The zero-order valence-corrected chi connectivity index (χ0v) is 17.9. The van der Waals surface area contributed by atoms with E-state index in [1.165, 1.54) is 6.07 Å². The number of nitrogens with one attached hydrogen (secondary N) is 1. The van der Waals surface area contributed by atoms with Crippen LogP contribution in [0.5, 0.6) is 5.75 Å². The van der Waals surface area contributed by atoms with Crippen LogP contribution < -0.4 is 15.5 Å². The normalized spacial score (nSPS) is 20.8. The molecule has 1 saturated heterocycles. The summed E-state index contributed by atoms with van der Waals surface area (Å²) in [5.41, 5.74) is 1.23. The monoisotopic (exact) mass is 438 g/mol. The molecule has 2 N–H and O–H groups in total. The molecule has 9 heteroatoms. The van der Waals surface area contributed by atoms with Gasteiger partial charge in [0.25, 0.3) is 0 Å². The number of rotatable bonds is 5. The van der Waals surface area contributed by atoms with Crippen molar-refractivity contribution in [3.63, 3.8) is 0 Å². The Hall–Kier alpha value is -3.14. The van der Waals surface area contributed by atoms with Gasteiger partial charge in [0, 0.05) is 61.9 Å². The molecule has 1 fully saturated rings. The summed E-state index contributed by atoms with van der Waals surface area (Å²) in [5, 5.41) is 20.4. The standard InChI is InChI=1S/C23H26N4O5/c1-32-21-4-2-3-19-17(21)7-9-24(19)10-8-22(28)25-12-15-11-16(14-25)18-5-6-20(27(30)31)23(29)26(18)13-15/h2-7,9,15-16,27,30H,8,10-14H2,1H3/t15-,16?/m0/s1. The maximum atomic E-state index is 13.0. The number of piperidine rings is 1. The molecule has 2 aliphatic heterocycles. The lowest BCUT2D eigenvalue weighted by atomic mass is 9.83. The van der Waals surface area contributed by atoms with Crippen LogP contribution in [-0.2, 0) is 17.9 Å². The van der Waals surface area contributed by atoms with E-state index in [4.69, 9.17) is 4.74 Å². The first-order valence-electron chi connectivity index (χ1n) is 10.8. The van der Waals surface area contributed by atoms with Gasteiger partial charge in [-0.25, -0.2) is 5.21 Å². The van der Waals surface area contributed by atoms with Crippen molar-refractivity contribution in [2.45, 2.75) is 31.8 Å². The summed E-state index contributed by atoms with van der Waals surface area (Å²) in [7, 11) is 1.65. The number of nitrogens with zero attached hydrogens (tertiary/aromatic N) is 3. The van der Waals surface area contributed by atoms with Crippen molar-refractivity contribution in [2.24, 2.45) is 5.92 Å². The Labute approximate surface area is 184 Å². The van der Waals surface area contributed by atoms with Crippen molar-refractivity contribution in [3.8, 4) is 5.75 Å². The molecule has 0 aliphatic carbocycles. The fraction of sp³-hybridized carbons (Fsp3) is 0.391. The van der Waals surface area contributed by atoms with Gasteiger partial charge in [0.1, 0.15) is 5.75 Å². The number of ether oxygens (including phenoxy) is 1. The highest BCUT2D eigenvalue weighted by Gasteiger charge is 2.37. The molecule has 0 radical (unpaired) electrons. The van der Waals surface area contributed by atoms with Gasteiger partial charge in [0.15, 0.2) is 0 Å². The highest BCUT2D eigenvalue weighted by Crippen LogP contribution is 2.35. The Morgan fingerprint density at radius 1 is 1.22 bits per heavy atom. The Bertz CT molecular complexity index is 1230. The molecule has 9 nitrogen and oxygen atoms in total. The van der Waals surface area contributed by atoms with Crippen LogP contribution in [0.15, 0.2) is 47.4 Å². The number of hydrogen-bond donors (Lipinski definition) is 2. The third-order valence-corrected chi connectivity index (χ3v) is 6.75. The summed E-state index contributed by atoms with van der Waals surface area (Å²) >= 11 is 0. The van der Waals surface area contributed by atoms with E-state index in [9.17, 15) is 20.0 Å². The van der Waals surface area contributed by atoms with Gasteiger partial charge in [-0.2, -0.15) is 5.23 Å². The average molecular weight is 438 g/mol. The maximum Gasteiger partial charge on any atom is 0.315 e. The molecule has 1 aromatic carbocycles. The molecule has 3 aromatic rings. The van der Waals surface area contributed by atoms with Crippen LogP contribution in [0.3, 0.4) is 0 Å². The zero-order chi connectivity index (χ0) is 22.4. The molecule has 32 heavy (non-hydrogen) atoms. The summed E-state index contributed by atoms with van der Waals surface area (Å²) in [4.78, 5) is 27.5. The largest absolute Gasteiger partial charge is 0.595 e. The predicted molar refractivity (Wildman–Crippen MR) is 117 cm³/mol. The SMILES string of the molecule is COc1cccc2c1ccn2CCC(=O)N1CC2C[C@@H](C1)Cn1c2ccc([NH+]([O-])O)c1=O. The van der Waals surface area contributed by atoms with Crippen LogP contribution in [0.2, 0.25) is 0 Å². The number of carbonyl (C=O) groups excluding carboxylic acids is 1. The van der Waals surface area contributed by atoms with Gasteiger partial charge in [-0.3, -0.25) is 9.59 Å². The number of methoxy groups -OCH3 is 1. The number of hydrogen-bond acceptors (Lipinski definition) is 5. The molecular formula is C23H26N4O5. The number of amides is 1. The van der Waals surface area contributed by atoms with E-state index in [0.29, 0.717) is 32.6 Å². The molecule has 2 bridgehead atoms. The molecule has 168 valence electrons. The minimum Gasteiger partial charge on any atom is -0.595 e. The first-order valence-corrected chi connectivity index (χ1v) is 10.8. The van der Waals surface area contributed by atoms with Gasteiger partial charge in [-0.05, 0) is 36.6 Å². The van der Waals surface area contributed by atoms with Crippen molar-refractivity contribution >= 4 is 22.5 Å². The predicted octanol–water partition coefficient (Wildman–Crippen LogP) is 1.25. The fourth-order valence-electron chi connectivity index (χ4n) is 5.25. The summed E-state index contributed by atoms with van der Waals surface area (Å²) in [6, 6.07) is 11.0. The smallest absolute Gasteiger partial charge is 0.315 e. The molecule has 4 heterocycles. The molecule has 0 spiro atoms. The number of likely N-dealkylation sites (tertiary alicyclic amines) is 1. The van der Waals surface area contributed by atoms with Gasteiger partial charge < -0.3 is 24.0 Å². The Kier molecular flexibility index (Phi) is 5.24. The van der Waals surface area contributed by atoms with Crippen LogP contribution in [-0.4, -0.2) is 45.3 Å². The van der Waals surface area contributed by atoms with E-state index in [1.54, 1.807) is 17.7 Å². The highest BCUT2D eigenvalue weighted by atomic mass is 16.8. The van der Waals surface area contributed by atoms with E-state index in [1.807, 2.05) is 35.4 Å². The van der Waals surface area contributed by atoms with Crippen LogP contribution in [0, 0.1) is 11.1 Å². The second-order valence-electron chi connectivity index (χ2n) is 8.64. The average Bonchev–Trinajstić information content (AvgIpc) is 3.21. The number of fused-ring (bicyclic) bond motifs is 5. The fourth-order valence-corrected chi connectivity index (χ4v) is 5.25. The number of pyridine rings is 1. The summed E-state index contributed by atoms with van der Waals surface area (Å²) in [6.45, 7) is 2.19. The zero-order valence-electron chi connectivity index (χ0n) is 17.9. The summed E-state index contributed by atoms with van der Waals surface area (Å²) in [5.74, 6) is 1.13. The van der Waals surface area contributed by atoms with Crippen molar-refractivity contribution in [1.29, 1.82) is 0 Å².